The summed E-state index contributed by atoms with van der Waals surface area (Å²) < 4.78 is 0. The summed E-state index contributed by atoms with van der Waals surface area (Å²) in [6, 6.07) is 0. The van der Waals surface area contributed by atoms with E-state index in [1.165, 1.54) is 32.5 Å². The van der Waals surface area contributed by atoms with E-state index in [4.69, 9.17) is 0 Å². The topological polar surface area (TPSA) is 32.1 Å². The minimum absolute atomic E-state index is 0.920. The van der Waals surface area contributed by atoms with E-state index in [2.05, 4.69) is 12.7 Å². The van der Waals surface area contributed by atoms with Crippen LogP contribution in [0.15, 0.2) is 0 Å². The highest BCUT2D eigenvalue weighted by molar-refractivity contribution is 4.58. The van der Waals surface area contributed by atoms with Crippen LogP contribution in [0.4, 0.5) is 0 Å². The second-order valence-electron chi connectivity index (χ2n) is 3.35. The lowest BCUT2D eigenvalue weighted by atomic mass is 9.98. The highest BCUT2D eigenvalue weighted by Gasteiger charge is 2.21. The largest absolute Gasteiger partial charge is 0.357 e. The van der Waals surface area contributed by atoms with Gasteiger partial charge in [0.15, 0.2) is 0 Å². The molecule has 10 heavy (non-hydrogen) atoms. The number of hydrogen-bond acceptors (Lipinski definition) is 0. The van der Waals surface area contributed by atoms with Crippen LogP contribution in [-0.4, -0.2) is 26.2 Å². The number of hydrogen-bond donors (Lipinski definition) is 2. The van der Waals surface area contributed by atoms with Gasteiger partial charge in [-0.05, 0) is 19.8 Å². The van der Waals surface area contributed by atoms with Crippen LogP contribution in [0.3, 0.4) is 0 Å². The first kappa shape index (κ1) is 8.02. The highest BCUT2D eigenvalue weighted by atomic mass is 15.1. The quantitative estimate of drug-likeness (QED) is 0.475. The van der Waals surface area contributed by atoms with Crippen LogP contribution >= 0.6 is 0 Å². The third-order valence-corrected chi connectivity index (χ3v) is 2.63. The lowest BCUT2D eigenvalue weighted by molar-refractivity contribution is -0.907. The van der Waals surface area contributed by atoms with E-state index in [0.717, 1.165) is 12.5 Å². The third kappa shape index (κ3) is 1.96. The minimum atomic E-state index is 0.920. The van der Waals surface area contributed by atoms with E-state index in [1.807, 2.05) is 0 Å². The molecule has 4 N–H and O–H groups in total. The zero-order valence-electron chi connectivity index (χ0n) is 7.03. The Labute approximate surface area is 63.4 Å². The number of nitrogens with one attached hydrogen (secondary N) is 1. The van der Waals surface area contributed by atoms with Crippen molar-refractivity contribution < 1.29 is 10.6 Å². The first-order valence-corrected chi connectivity index (χ1v) is 4.49. The molecule has 1 rings (SSSR count). The Hall–Kier alpha value is -0.0800. The lowest BCUT2D eigenvalue weighted by Gasteiger charge is -2.26. The molecule has 1 saturated heterocycles. The number of rotatable bonds is 2. The molecule has 60 valence electrons. The first-order chi connectivity index (χ1) is 4.86. The predicted molar refractivity (Wildman–Crippen MR) is 41.7 cm³/mol. The summed E-state index contributed by atoms with van der Waals surface area (Å²) in [5.74, 6) is 0.920. The normalized spacial score (nSPS) is 34.2. The molecule has 1 fully saturated rings. The molecule has 1 aliphatic rings. The monoisotopic (exact) mass is 144 g/mol. The Bertz CT molecular complexity index is 83.3. The minimum Gasteiger partial charge on any atom is -0.357 e. The van der Waals surface area contributed by atoms with Crippen LogP contribution in [0.5, 0.6) is 0 Å². The van der Waals surface area contributed by atoms with Gasteiger partial charge in [0.05, 0.1) is 32.1 Å². The molecule has 0 aromatic heterocycles. The summed E-state index contributed by atoms with van der Waals surface area (Å²) in [6.07, 6.45) is 2.84. The maximum atomic E-state index is 3.96. The first-order valence-electron chi connectivity index (χ1n) is 4.49. The Morgan fingerprint density at radius 2 is 2.40 bits per heavy atom. The Morgan fingerprint density at radius 3 is 3.00 bits per heavy atom. The lowest BCUT2D eigenvalue weighted by Crippen LogP contribution is -3.13. The smallest absolute Gasteiger partial charge is 0.0854 e. The maximum absolute atomic E-state index is 3.96. The molecule has 1 aliphatic heterocycles. The van der Waals surface area contributed by atoms with Gasteiger partial charge in [-0.1, -0.05) is 0 Å². The van der Waals surface area contributed by atoms with Crippen molar-refractivity contribution in [1.82, 2.24) is 0 Å². The van der Waals surface area contributed by atoms with Gasteiger partial charge in [-0.3, -0.25) is 0 Å². The van der Waals surface area contributed by atoms with E-state index < -0.39 is 0 Å². The van der Waals surface area contributed by atoms with Crippen molar-refractivity contribution in [3.05, 3.63) is 0 Å². The summed E-state index contributed by atoms with van der Waals surface area (Å²) in [6.45, 7) is 7.49. The average molecular weight is 144 g/mol. The molecule has 0 spiro atoms. The summed E-state index contributed by atoms with van der Waals surface area (Å²) in [7, 11) is 0. The second-order valence-corrected chi connectivity index (χ2v) is 3.35. The fourth-order valence-corrected chi connectivity index (χ4v) is 1.82. The van der Waals surface area contributed by atoms with Gasteiger partial charge in [-0.25, -0.2) is 0 Å². The Kier molecular flexibility index (Phi) is 3.16. The average Bonchev–Trinajstić information content (AvgIpc) is 2.05. The molecule has 2 nitrogen and oxygen atoms in total. The zero-order valence-corrected chi connectivity index (χ0v) is 7.03. The van der Waals surface area contributed by atoms with Gasteiger partial charge in [-0.2, -0.15) is 0 Å². The van der Waals surface area contributed by atoms with Crippen molar-refractivity contribution >= 4 is 0 Å². The van der Waals surface area contributed by atoms with Crippen molar-refractivity contribution in [3.63, 3.8) is 0 Å². The molecule has 0 saturated carbocycles. The highest BCUT2D eigenvalue weighted by Crippen LogP contribution is 2.03. The predicted octanol–water partition coefficient (Wildman–Crippen LogP) is -1.46. The molecule has 0 radical (unpaired) electrons. The van der Waals surface area contributed by atoms with Gasteiger partial charge in [0.2, 0.25) is 0 Å². The van der Waals surface area contributed by atoms with Gasteiger partial charge >= 0.3 is 0 Å². The molecule has 0 bridgehead atoms. The third-order valence-electron chi connectivity index (χ3n) is 2.63. The molecular formula is C8H20N2+2. The molecule has 0 aromatic carbocycles. The number of piperidine rings is 1. The van der Waals surface area contributed by atoms with Crippen LogP contribution in [0, 0.1) is 5.92 Å². The Morgan fingerprint density at radius 1 is 1.60 bits per heavy atom. The molecule has 0 aliphatic carbocycles. The van der Waals surface area contributed by atoms with E-state index in [9.17, 15) is 0 Å². The van der Waals surface area contributed by atoms with Gasteiger partial charge in [-0.15, -0.1) is 0 Å². The standard InChI is InChI=1S/C8H18N2/c1-2-10-5-3-4-8(6-9)7-10/h8H,2-7,9H2,1H3/p+2/t8-/m0/s1. The van der Waals surface area contributed by atoms with Crippen LogP contribution in [-0.2, 0) is 0 Å². The molecule has 0 amide bonds. The summed E-state index contributed by atoms with van der Waals surface area (Å²) in [5, 5.41) is 0. The zero-order chi connectivity index (χ0) is 7.40. The molecule has 0 aromatic rings. The van der Waals surface area contributed by atoms with Crippen molar-refractivity contribution in [1.29, 1.82) is 0 Å². The van der Waals surface area contributed by atoms with E-state index in [-0.39, 0.29) is 0 Å². The van der Waals surface area contributed by atoms with E-state index in [1.54, 1.807) is 4.90 Å². The second kappa shape index (κ2) is 3.94. The van der Waals surface area contributed by atoms with Gasteiger partial charge < -0.3 is 10.6 Å². The van der Waals surface area contributed by atoms with E-state index in [0.29, 0.717) is 0 Å². The van der Waals surface area contributed by atoms with Crippen molar-refractivity contribution in [2.75, 3.05) is 26.2 Å². The molecule has 1 heterocycles. The van der Waals surface area contributed by atoms with Gasteiger partial charge in [0.25, 0.3) is 0 Å². The van der Waals surface area contributed by atoms with Gasteiger partial charge in [0.1, 0.15) is 0 Å². The SMILES string of the molecule is CC[NH+]1CCC[C@@H](C[NH3+])C1. The summed E-state index contributed by atoms with van der Waals surface area (Å²) >= 11 is 0. The Balaban J connectivity index is 2.25. The fourth-order valence-electron chi connectivity index (χ4n) is 1.82. The van der Waals surface area contributed by atoms with Crippen molar-refractivity contribution in [3.8, 4) is 0 Å². The van der Waals surface area contributed by atoms with E-state index >= 15 is 0 Å². The number of quaternary nitrogens is 2. The van der Waals surface area contributed by atoms with Crippen molar-refractivity contribution in [2.24, 2.45) is 5.92 Å². The van der Waals surface area contributed by atoms with Crippen molar-refractivity contribution in [2.45, 2.75) is 19.8 Å². The van der Waals surface area contributed by atoms with Crippen LogP contribution < -0.4 is 10.6 Å². The van der Waals surface area contributed by atoms with Crippen LogP contribution in [0.2, 0.25) is 0 Å². The summed E-state index contributed by atoms with van der Waals surface area (Å²) in [5.41, 5.74) is 3.96. The van der Waals surface area contributed by atoms with Crippen LogP contribution in [0.25, 0.3) is 0 Å². The van der Waals surface area contributed by atoms with Crippen LogP contribution in [0.1, 0.15) is 19.8 Å². The fraction of sp³-hybridized carbons (Fsp3) is 1.00. The number of likely N-dealkylation sites (tertiary alicyclic amines) is 1. The summed E-state index contributed by atoms with van der Waals surface area (Å²) in [4.78, 5) is 1.78. The maximum Gasteiger partial charge on any atom is 0.0854 e. The molecule has 2 heteroatoms. The molecule has 2 atom stereocenters. The molecule has 1 unspecified atom stereocenters. The van der Waals surface area contributed by atoms with Gasteiger partial charge in [0, 0.05) is 0 Å². The molecular weight excluding hydrogens is 124 g/mol.